The summed E-state index contributed by atoms with van der Waals surface area (Å²) in [5, 5.41) is 19.8. The standard InChI is InChI=1S/C17H24O4/c1-12(2)21-11-15(18)10-17(16(19)20)8-7-13-5-3-4-6-14(13)9-17/h3-6,12,15,18H,7-11H2,1-2H3,(H,19,20). The summed E-state index contributed by atoms with van der Waals surface area (Å²) in [4.78, 5) is 11.8. The van der Waals surface area contributed by atoms with Gasteiger partial charge in [-0.3, -0.25) is 4.79 Å². The quantitative estimate of drug-likeness (QED) is 0.845. The van der Waals surface area contributed by atoms with Gasteiger partial charge in [0.05, 0.1) is 24.2 Å². The van der Waals surface area contributed by atoms with E-state index in [2.05, 4.69) is 6.07 Å². The normalized spacial score (nSPS) is 22.9. The number of aliphatic hydroxyl groups excluding tert-OH is 1. The highest BCUT2D eigenvalue weighted by Crippen LogP contribution is 2.39. The third-order valence-electron chi connectivity index (χ3n) is 4.22. The van der Waals surface area contributed by atoms with Crippen LogP contribution in [0.2, 0.25) is 0 Å². The van der Waals surface area contributed by atoms with Crippen molar-refractivity contribution in [3.8, 4) is 0 Å². The fraction of sp³-hybridized carbons (Fsp3) is 0.588. The monoisotopic (exact) mass is 292 g/mol. The lowest BCUT2D eigenvalue weighted by atomic mass is 9.68. The molecule has 4 heteroatoms. The van der Waals surface area contributed by atoms with E-state index < -0.39 is 17.5 Å². The third-order valence-corrected chi connectivity index (χ3v) is 4.22. The Bertz CT molecular complexity index is 497. The molecule has 0 saturated carbocycles. The average molecular weight is 292 g/mol. The average Bonchev–Trinajstić information content (AvgIpc) is 2.45. The number of aliphatic carboxylic acids is 1. The van der Waals surface area contributed by atoms with Crippen LogP contribution in [0.25, 0.3) is 0 Å². The highest BCUT2D eigenvalue weighted by molar-refractivity contribution is 5.75. The summed E-state index contributed by atoms with van der Waals surface area (Å²) >= 11 is 0. The van der Waals surface area contributed by atoms with Gasteiger partial charge in [-0.1, -0.05) is 24.3 Å². The Morgan fingerprint density at radius 3 is 2.62 bits per heavy atom. The summed E-state index contributed by atoms with van der Waals surface area (Å²) in [5.41, 5.74) is 1.43. The van der Waals surface area contributed by atoms with E-state index in [9.17, 15) is 15.0 Å². The highest BCUT2D eigenvalue weighted by Gasteiger charge is 2.42. The number of carboxylic acid groups (broad SMARTS) is 1. The maximum Gasteiger partial charge on any atom is 0.310 e. The molecule has 0 radical (unpaired) electrons. The first kappa shape index (κ1) is 16.0. The first-order valence-corrected chi connectivity index (χ1v) is 7.53. The summed E-state index contributed by atoms with van der Waals surface area (Å²) in [7, 11) is 0. The van der Waals surface area contributed by atoms with Crippen LogP contribution in [0.15, 0.2) is 24.3 Å². The lowest BCUT2D eigenvalue weighted by Crippen LogP contribution is -2.41. The highest BCUT2D eigenvalue weighted by atomic mass is 16.5. The van der Waals surface area contributed by atoms with Crippen molar-refractivity contribution < 1.29 is 19.7 Å². The molecule has 2 N–H and O–H groups in total. The first-order chi connectivity index (χ1) is 9.93. The second kappa shape index (κ2) is 6.58. The number of aliphatic hydroxyl groups is 1. The zero-order valence-corrected chi connectivity index (χ0v) is 12.7. The Labute approximate surface area is 125 Å². The van der Waals surface area contributed by atoms with Gasteiger partial charge in [-0.25, -0.2) is 0 Å². The van der Waals surface area contributed by atoms with Gasteiger partial charge in [-0.05, 0) is 50.7 Å². The molecule has 1 aromatic rings. The van der Waals surface area contributed by atoms with E-state index in [0.717, 1.165) is 12.0 Å². The van der Waals surface area contributed by atoms with Gasteiger partial charge in [0, 0.05) is 0 Å². The molecule has 1 aromatic carbocycles. The molecule has 0 spiro atoms. The molecular formula is C17H24O4. The minimum atomic E-state index is -0.881. The molecule has 0 amide bonds. The number of hydrogen-bond acceptors (Lipinski definition) is 3. The zero-order chi connectivity index (χ0) is 15.5. The minimum absolute atomic E-state index is 0.0347. The van der Waals surface area contributed by atoms with Crippen LogP contribution in [0.1, 0.15) is 37.8 Å². The smallest absolute Gasteiger partial charge is 0.310 e. The van der Waals surface area contributed by atoms with E-state index in [-0.39, 0.29) is 19.1 Å². The van der Waals surface area contributed by atoms with Crippen LogP contribution in [-0.4, -0.2) is 35.0 Å². The van der Waals surface area contributed by atoms with Crippen LogP contribution in [0.4, 0.5) is 0 Å². The zero-order valence-electron chi connectivity index (χ0n) is 12.7. The molecule has 2 rings (SSSR count). The van der Waals surface area contributed by atoms with Crippen molar-refractivity contribution >= 4 is 5.97 Å². The fourth-order valence-electron chi connectivity index (χ4n) is 3.06. The number of benzene rings is 1. The second-order valence-corrected chi connectivity index (χ2v) is 6.27. The number of carbonyl (C=O) groups is 1. The summed E-state index contributed by atoms with van der Waals surface area (Å²) in [6, 6.07) is 7.97. The van der Waals surface area contributed by atoms with Crippen molar-refractivity contribution in [3.63, 3.8) is 0 Å². The predicted molar refractivity (Wildman–Crippen MR) is 80.2 cm³/mol. The van der Waals surface area contributed by atoms with Gasteiger partial charge in [0.1, 0.15) is 0 Å². The SMILES string of the molecule is CC(C)OCC(O)CC1(C(=O)O)CCc2ccccc2C1. The molecule has 21 heavy (non-hydrogen) atoms. The molecule has 2 unspecified atom stereocenters. The summed E-state index contributed by atoms with van der Waals surface area (Å²) in [6.07, 6.45) is 1.33. The molecular weight excluding hydrogens is 268 g/mol. The van der Waals surface area contributed by atoms with Crippen molar-refractivity contribution in [2.24, 2.45) is 5.41 Å². The van der Waals surface area contributed by atoms with Crippen LogP contribution in [-0.2, 0) is 22.4 Å². The van der Waals surface area contributed by atoms with E-state index in [1.165, 1.54) is 5.56 Å². The van der Waals surface area contributed by atoms with Crippen molar-refractivity contribution in [2.75, 3.05) is 6.61 Å². The molecule has 0 bridgehead atoms. The number of carboxylic acids is 1. The van der Waals surface area contributed by atoms with Crippen molar-refractivity contribution in [1.29, 1.82) is 0 Å². The van der Waals surface area contributed by atoms with Gasteiger partial charge in [0.15, 0.2) is 0 Å². The Kier molecular flexibility index (Phi) is 5.01. The van der Waals surface area contributed by atoms with E-state index >= 15 is 0 Å². The Morgan fingerprint density at radius 2 is 2.00 bits per heavy atom. The lowest BCUT2D eigenvalue weighted by Gasteiger charge is -2.36. The lowest BCUT2D eigenvalue weighted by molar-refractivity contribution is -0.152. The van der Waals surface area contributed by atoms with Crippen LogP contribution < -0.4 is 0 Å². The van der Waals surface area contributed by atoms with Crippen LogP contribution in [0.3, 0.4) is 0 Å². The second-order valence-electron chi connectivity index (χ2n) is 6.27. The van der Waals surface area contributed by atoms with Gasteiger partial charge >= 0.3 is 5.97 Å². The van der Waals surface area contributed by atoms with Gasteiger partial charge in [-0.2, -0.15) is 0 Å². The number of rotatable bonds is 6. The predicted octanol–water partition coefficient (Wildman–Crippen LogP) is 2.42. The van der Waals surface area contributed by atoms with Gasteiger partial charge in [0.2, 0.25) is 0 Å². The molecule has 1 aliphatic rings. The van der Waals surface area contributed by atoms with Crippen LogP contribution >= 0.6 is 0 Å². The van der Waals surface area contributed by atoms with E-state index in [1.807, 2.05) is 32.0 Å². The Hall–Kier alpha value is -1.39. The Morgan fingerprint density at radius 1 is 1.33 bits per heavy atom. The molecule has 1 aliphatic carbocycles. The molecule has 0 aromatic heterocycles. The molecule has 0 aliphatic heterocycles. The van der Waals surface area contributed by atoms with Crippen molar-refractivity contribution in [2.45, 2.75) is 51.7 Å². The molecule has 0 saturated heterocycles. The maximum atomic E-state index is 11.8. The van der Waals surface area contributed by atoms with E-state index in [0.29, 0.717) is 12.8 Å². The van der Waals surface area contributed by atoms with Gasteiger partial charge in [-0.15, -0.1) is 0 Å². The number of aryl methyl sites for hydroxylation is 1. The third kappa shape index (κ3) is 3.83. The first-order valence-electron chi connectivity index (χ1n) is 7.53. The Balaban J connectivity index is 2.10. The van der Waals surface area contributed by atoms with Gasteiger partial charge < -0.3 is 14.9 Å². The topological polar surface area (TPSA) is 66.8 Å². The van der Waals surface area contributed by atoms with Crippen molar-refractivity contribution in [1.82, 2.24) is 0 Å². The summed E-state index contributed by atoms with van der Waals surface area (Å²) in [5.74, 6) is -0.819. The fourth-order valence-corrected chi connectivity index (χ4v) is 3.06. The molecule has 2 atom stereocenters. The van der Waals surface area contributed by atoms with E-state index in [4.69, 9.17) is 4.74 Å². The van der Waals surface area contributed by atoms with Crippen LogP contribution in [0, 0.1) is 5.41 Å². The van der Waals surface area contributed by atoms with Crippen LogP contribution in [0.5, 0.6) is 0 Å². The molecule has 0 heterocycles. The summed E-state index contributed by atoms with van der Waals surface area (Å²) < 4.78 is 5.40. The van der Waals surface area contributed by atoms with Crippen molar-refractivity contribution in [3.05, 3.63) is 35.4 Å². The largest absolute Gasteiger partial charge is 0.481 e. The minimum Gasteiger partial charge on any atom is -0.481 e. The summed E-state index contributed by atoms with van der Waals surface area (Å²) in [6.45, 7) is 3.99. The van der Waals surface area contributed by atoms with E-state index in [1.54, 1.807) is 0 Å². The molecule has 116 valence electrons. The number of fused-ring (bicyclic) bond motifs is 1. The number of hydrogen-bond donors (Lipinski definition) is 2. The molecule has 4 nitrogen and oxygen atoms in total. The maximum absolute atomic E-state index is 11.8. The van der Waals surface area contributed by atoms with Gasteiger partial charge in [0.25, 0.3) is 0 Å². The molecule has 0 fully saturated rings. The number of ether oxygens (including phenoxy) is 1.